The highest BCUT2D eigenvalue weighted by atomic mass is 16.5. The van der Waals surface area contributed by atoms with E-state index in [0.717, 1.165) is 64.3 Å². The third kappa shape index (κ3) is 4.01. The van der Waals surface area contributed by atoms with Gasteiger partial charge in [-0.05, 0) is 32.7 Å². The van der Waals surface area contributed by atoms with Gasteiger partial charge in [-0.25, -0.2) is 4.68 Å². The molecule has 0 bridgehead atoms. The molecule has 1 fully saturated rings. The molecule has 0 radical (unpaired) electrons. The van der Waals surface area contributed by atoms with Crippen molar-refractivity contribution >= 4 is 0 Å². The lowest BCUT2D eigenvalue weighted by Gasteiger charge is -2.23. The van der Waals surface area contributed by atoms with Crippen LogP contribution in [0.1, 0.15) is 43.5 Å². The molecule has 1 saturated heterocycles. The van der Waals surface area contributed by atoms with Gasteiger partial charge in [0.2, 0.25) is 0 Å². The Balaban J connectivity index is 2.05. The van der Waals surface area contributed by atoms with Crippen LogP contribution in [0.2, 0.25) is 0 Å². The molecular formula is C14H26N4O2. The molecule has 6 nitrogen and oxygen atoms in total. The predicted molar refractivity (Wildman–Crippen MR) is 76.7 cm³/mol. The minimum absolute atomic E-state index is 0.507. The maximum atomic E-state index is 5.69. The van der Waals surface area contributed by atoms with Crippen molar-refractivity contribution in [3.8, 4) is 0 Å². The number of aromatic nitrogens is 3. The first kappa shape index (κ1) is 15.4. The smallest absolute Gasteiger partial charge is 0.0874 e. The maximum absolute atomic E-state index is 5.69. The summed E-state index contributed by atoms with van der Waals surface area (Å²) in [6.45, 7) is 6.70. The minimum atomic E-state index is 0.507. The first-order valence-corrected chi connectivity index (χ1v) is 7.64. The zero-order valence-electron chi connectivity index (χ0n) is 12.4. The molecule has 0 spiro atoms. The van der Waals surface area contributed by atoms with Gasteiger partial charge in [-0.3, -0.25) is 0 Å². The van der Waals surface area contributed by atoms with Gasteiger partial charge in [0.05, 0.1) is 11.4 Å². The van der Waals surface area contributed by atoms with Crippen molar-refractivity contribution in [3.05, 3.63) is 11.4 Å². The normalized spacial score (nSPS) is 16.7. The van der Waals surface area contributed by atoms with Crippen molar-refractivity contribution in [1.82, 2.24) is 15.0 Å². The monoisotopic (exact) mass is 282 g/mol. The number of nitrogens with two attached hydrogens (primary N) is 1. The Morgan fingerprint density at radius 2 is 2.20 bits per heavy atom. The largest absolute Gasteiger partial charge is 0.382 e. The van der Waals surface area contributed by atoms with E-state index in [1.165, 1.54) is 5.69 Å². The van der Waals surface area contributed by atoms with Crippen molar-refractivity contribution in [3.63, 3.8) is 0 Å². The Bertz CT molecular complexity index is 389. The molecule has 2 rings (SSSR count). The third-order valence-corrected chi connectivity index (χ3v) is 3.70. The SMILES string of the molecule is CCOCCCn1nnc(CCN)c1C1CCOCC1. The second kappa shape index (κ2) is 8.34. The zero-order valence-corrected chi connectivity index (χ0v) is 12.4. The molecule has 6 heteroatoms. The topological polar surface area (TPSA) is 75.2 Å². The van der Waals surface area contributed by atoms with Gasteiger partial charge in [0.25, 0.3) is 0 Å². The van der Waals surface area contributed by atoms with E-state index in [-0.39, 0.29) is 0 Å². The van der Waals surface area contributed by atoms with Gasteiger partial charge < -0.3 is 15.2 Å². The fraction of sp³-hybridized carbons (Fsp3) is 0.857. The van der Waals surface area contributed by atoms with Gasteiger partial charge in [0, 0.05) is 45.3 Å². The summed E-state index contributed by atoms with van der Waals surface area (Å²) >= 11 is 0. The number of aryl methyl sites for hydroxylation is 1. The number of nitrogens with zero attached hydrogens (tertiary/aromatic N) is 3. The maximum Gasteiger partial charge on any atom is 0.0874 e. The van der Waals surface area contributed by atoms with E-state index >= 15 is 0 Å². The van der Waals surface area contributed by atoms with Crippen LogP contribution in [0.4, 0.5) is 0 Å². The molecule has 1 aliphatic rings. The molecule has 1 aromatic heterocycles. The van der Waals surface area contributed by atoms with E-state index in [1.807, 2.05) is 6.92 Å². The summed E-state index contributed by atoms with van der Waals surface area (Å²) in [5, 5.41) is 8.65. The second-order valence-electron chi connectivity index (χ2n) is 5.12. The number of hydrogen-bond donors (Lipinski definition) is 1. The summed E-state index contributed by atoms with van der Waals surface area (Å²) in [5.74, 6) is 0.507. The molecule has 0 aromatic carbocycles. The Morgan fingerprint density at radius 3 is 2.90 bits per heavy atom. The zero-order chi connectivity index (χ0) is 14.2. The predicted octanol–water partition coefficient (Wildman–Crippen LogP) is 1.10. The summed E-state index contributed by atoms with van der Waals surface area (Å²) in [4.78, 5) is 0. The second-order valence-corrected chi connectivity index (χ2v) is 5.12. The van der Waals surface area contributed by atoms with Crippen LogP contribution < -0.4 is 5.73 Å². The van der Waals surface area contributed by atoms with E-state index in [0.29, 0.717) is 12.5 Å². The van der Waals surface area contributed by atoms with E-state index in [1.54, 1.807) is 0 Å². The Hall–Kier alpha value is -0.980. The molecule has 0 unspecified atom stereocenters. The van der Waals surface area contributed by atoms with E-state index in [9.17, 15) is 0 Å². The molecule has 0 atom stereocenters. The summed E-state index contributed by atoms with van der Waals surface area (Å²) in [7, 11) is 0. The molecule has 2 heterocycles. The molecule has 1 aliphatic heterocycles. The Labute approximate surface area is 120 Å². The summed E-state index contributed by atoms with van der Waals surface area (Å²) in [6.07, 6.45) is 3.88. The van der Waals surface area contributed by atoms with Crippen LogP contribution in [0, 0.1) is 0 Å². The molecule has 20 heavy (non-hydrogen) atoms. The lowest BCUT2D eigenvalue weighted by molar-refractivity contribution is 0.0829. The first-order chi connectivity index (χ1) is 9.86. The van der Waals surface area contributed by atoms with Gasteiger partial charge >= 0.3 is 0 Å². The first-order valence-electron chi connectivity index (χ1n) is 7.64. The van der Waals surface area contributed by atoms with Crippen molar-refractivity contribution in [2.45, 2.75) is 45.1 Å². The number of rotatable bonds is 8. The van der Waals surface area contributed by atoms with Crippen LogP contribution >= 0.6 is 0 Å². The summed E-state index contributed by atoms with van der Waals surface area (Å²) in [5.41, 5.74) is 8.03. The van der Waals surface area contributed by atoms with Gasteiger partial charge in [0.1, 0.15) is 0 Å². The fourth-order valence-electron chi connectivity index (χ4n) is 2.71. The van der Waals surface area contributed by atoms with Gasteiger partial charge in [-0.1, -0.05) is 5.21 Å². The summed E-state index contributed by atoms with van der Waals surface area (Å²) in [6, 6.07) is 0. The van der Waals surface area contributed by atoms with Crippen LogP contribution in [0.25, 0.3) is 0 Å². The third-order valence-electron chi connectivity index (χ3n) is 3.70. The molecule has 114 valence electrons. The molecule has 0 saturated carbocycles. The van der Waals surface area contributed by atoms with Crippen LogP contribution in [0.3, 0.4) is 0 Å². The van der Waals surface area contributed by atoms with Crippen molar-refractivity contribution in [1.29, 1.82) is 0 Å². The Kier molecular flexibility index (Phi) is 6.42. The van der Waals surface area contributed by atoms with E-state index < -0.39 is 0 Å². The number of ether oxygens (including phenoxy) is 2. The quantitative estimate of drug-likeness (QED) is 0.723. The van der Waals surface area contributed by atoms with Gasteiger partial charge in [-0.15, -0.1) is 5.10 Å². The van der Waals surface area contributed by atoms with E-state index in [2.05, 4.69) is 15.0 Å². The lowest BCUT2D eigenvalue weighted by atomic mass is 9.94. The summed E-state index contributed by atoms with van der Waals surface area (Å²) < 4.78 is 12.9. The fourth-order valence-corrected chi connectivity index (χ4v) is 2.71. The van der Waals surface area contributed by atoms with Crippen molar-refractivity contribution in [2.75, 3.05) is 33.0 Å². The molecular weight excluding hydrogens is 256 g/mol. The highest BCUT2D eigenvalue weighted by Crippen LogP contribution is 2.28. The van der Waals surface area contributed by atoms with Crippen LogP contribution in [0.15, 0.2) is 0 Å². The van der Waals surface area contributed by atoms with Crippen LogP contribution in [-0.2, 0) is 22.4 Å². The highest BCUT2D eigenvalue weighted by Gasteiger charge is 2.24. The molecule has 1 aromatic rings. The highest BCUT2D eigenvalue weighted by molar-refractivity contribution is 5.17. The van der Waals surface area contributed by atoms with Crippen molar-refractivity contribution < 1.29 is 9.47 Å². The average molecular weight is 282 g/mol. The minimum Gasteiger partial charge on any atom is -0.382 e. The van der Waals surface area contributed by atoms with E-state index in [4.69, 9.17) is 15.2 Å². The molecule has 2 N–H and O–H groups in total. The molecule has 0 aliphatic carbocycles. The van der Waals surface area contributed by atoms with Crippen LogP contribution in [0.5, 0.6) is 0 Å². The standard InChI is InChI=1S/C14H26N4O2/c1-2-19-9-3-8-18-14(12-5-10-20-11-6-12)13(4-7-15)16-17-18/h12H,2-11,15H2,1H3. The molecule has 0 amide bonds. The van der Waals surface area contributed by atoms with Crippen LogP contribution in [-0.4, -0.2) is 48.0 Å². The Morgan fingerprint density at radius 1 is 1.40 bits per heavy atom. The average Bonchev–Trinajstić information content (AvgIpc) is 2.88. The van der Waals surface area contributed by atoms with Crippen molar-refractivity contribution in [2.24, 2.45) is 5.73 Å². The van der Waals surface area contributed by atoms with Gasteiger partial charge in [-0.2, -0.15) is 0 Å². The number of hydrogen-bond acceptors (Lipinski definition) is 5. The lowest BCUT2D eigenvalue weighted by Crippen LogP contribution is -2.20. The van der Waals surface area contributed by atoms with Gasteiger partial charge in [0.15, 0.2) is 0 Å².